The van der Waals surface area contributed by atoms with Crippen LogP contribution in [-0.4, -0.2) is 12.8 Å². The van der Waals surface area contributed by atoms with E-state index in [1.807, 2.05) is 0 Å². The van der Waals surface area contributed by atoms with Gasteiger partial charge in [0.05, 0.1) is 5.69 Å². The SMILES string of the molecule is Fc1ccccc1CNc1ccccc1OCC(F)(F)F. The average molecular weight is 299 g/mol. The van der Waals surface area contributed by atoms with Gasteiger partial charge < -0.3 is 10.1 Å². The van der Waals surface area contributed by atoms with Gasteiger partial charge in [0.25, 0.3) is 0 Å². The lowest BCUT2D eigenvalue weighted by Gasteiger charge is -2.14. The number of hydrogen-bond donors (Lipinski definition) is 1. The minimum absolute atomic E-state index is 0.0752. The Morgan fingerprint density at radius 1 is 0.952 bits per heavy atom. The summed E-state index contributed by atoms with van der Waals surface area (Å²) in [6.45, 7) is -1.22. The molecular weight excluding hydrogens is 286 g/mol. The fraction of sp³-hybridized carbons (Fsp3) is 0.200. The van der Waals surface area contributed by atoms with Gasteiger partial charge in [-0.25, -0.2) is 4.39 Å². The lowest BCUT2D eigenvalue weighted by Crippen LogP contribution is -2.19. The van der Waals surface area contributed by atoms with Gasteiger partial charge in [0.15, 0.2) is 6.61 Å². The van der Waals surface area contributed by atoms with Crippen molar-refractivity contribution in [3.63, 3.8) is 0 Å². The summed E-state index contributed by atoms with van der Waals surface area (Å²) in [5, 5.41) is 2.87. The Morgan fingerprint density at radius 3 is 2.33 bits per heavy atom. The molecule has 0 heterocycles. The quantitative estimate of drug-likeness (QED) is 0.827. The van der Waals surface area contributed by atoms with Crippen LogP contribution in [0, 0.1) is 5.82 Å². The van der Waals surface area contributed by atoms with Crippen molar-refractivity contribution in [3.05, 3.63) is 59.9 Å². The molecule has 2 aromatic rings. The Kier molecular flexibility index (Phi) is 4.67. The van der Waals surface area contributed by atoms with Gasteiger partial charge in [-0.3, -0.25) is 0 Å². The molecule has 2 rings (SSSR count). The summed E-state index contributed by atoms with van der Waals surface area (Å²) in [5.74, 6) is -0.301. The predicted octanol–water partition coefficient (Wildman–Crippen LogP) is 4.38. The highest BCUT2D eigenvalue weighted by Crippen LogP contribution is 2.26. The maximum atomic E-state index is 13.5. The van der Waals surface area contributed by atoms with Crippen LogP contribution in [0.25, 0.3) is 0 Å². The zero-order valence-corrected chi connectivity index (χ0v) is 11.0. The van der Waals surface area contributed by atoms with Gasteiger partial charge in [0, 0.05) is 12.1 Å². The molecule has 112 valence electrons. The average Bonchev–Trinajstić information content (AvgIpc) is 2.44. The lowest BCUT2D eigenvalue weighted by molar-refractivity contribution is -0.153. The minimum Gasteiger partial charge on any atom is -0.482 e. The summed E-state index contributed by atoms with van der Waals surface area (Å²) >= 11 is 0. The number of rotatable bonds is 5. The van der Waals surface area contributed by atoms with Crippen molar-refractivity contribution in [1.82, 2.24) is 0 Å². The van der Waals surface area contributed by atoms with E-state index in [1.54, 1.807) is 36.4 Å². The summed E-state index contributed by atoms with van der Waals surface area (Å²) in [4.78, 5) is 0. The van der Waals surface area contributed by atoms with Crippen LogP contribution < -0.4 is 10.1 Å². The maximum absolute atomic E-state index is 13.5. The van der Waals surface area contributed by atoms with Gasteiger partial charge in [-0.15, -0.1) is 0 Å². The van der Waals surface area contributed by atoms with Crippen molar-refractivity contribution in [2.24, 2.45) is 0 Å². The van der Waals surface area contributed by atoms with Crippen LogP contribution in [0.1, 0.15) is 5.56 Å². The normalized spacial score (nSPS) is 11.2. The van der Waals surface area contributed by atoms with E-state index in [2.05, 4.69) is 5.32 Å². The van der Waals surface area contributed by atoms with Crippen LogP contribution >= 0.6 is 0 Å². The first-order valence-electron chi connectivity index (χ1n) is 6.21. The zero-order chi connectivity index (χ0) is 15.3. The largest absolute Gasteiger partial charge is 0.482 e. The summed E-state index contributed by atoms with van der Waals surface area (Å²) in [5.41, 5.74) is 0.799. The van der Waals surface area contributed by atoms with E-state index in [0.29, 0.717) is 11.3 Å². The standard InChI is InChI=1S/C15H13F4NO/c16-12-6-2-1-5-11(12)9-20-13-7-3-4-8-14(13)21-10-15(17,18)19/h1-8,20H,9-10H2. The second-order valence-electron chi connectivity index (χ2n) is 4.34. The van der Waals surface area contributed by atoms with Crippen molar-refractivity contribution in [2.75, 3.05) is 11.9 Å². The second kappa shape index (κ2) is 6.47. The van der Waals surface area contributed by atoms with Gasteiger partial charge in [0.1, 0.15) is 11.6 Å². The highest BCUT2D eigenvalue weighted by atomic mass is 19.4. The maximum Gasteiger partial charge on any atom is 0.422 e. The molecule has 0 aliphatic carbocycles. The number of halogens is 4. The van der Waals surface area contributed by atoms with Gasteiger partial charge in [-0.2, -0.15) is 13.2 Å². The van der Waals surface area contributed by atoms with Crippen LogP contribution in [0.15, 0.2) is 48.5 Å². The number of nitrogens with one attached hydrogen (secondary N) is 1. The first kappa shape index (κ1) is 15.2. The van der Waals surface area contributed by atoms with E-state index in [9.17, 15) is 17.6 Å². The molecule has 2 aromatic carbocycles. The Balaban J connectivity index is 2.05. The highest BCUT2D eigenvalue weighted by molar-refractivity contribution is 5.56. The Hall–Kier alpha value is -2.24. The number of alkyl halides is 3. The molecule has 0 aromatic heterocycles. The fourth-order valence-electron chi connectivity index (χ4n) is 1.73. The third kappa shape index (κ3) is 4.66. The van der Waals surface area contributed by atoms with Gasteiger partial charge in [-0.05, 0) is 18.2 Å². The van der Waals surface area contributed by atoms with Gasteiger partial charge in [-0.1, -0.05) is 30.3 Å². The van der Waals surface area contributed by atoms with Crippen molar-refractivity contribution < 1.29 is 22.3 Å². The summed E-state index contributed by atoms with van der Waals surface area (Å²) in [6.07, 6.45) is -4.40. The molecule has 0 spiro atoms. The van der Waals surface area contributed by atoms with Crippen LogP contribution in [0.2, 0.25) is 0 Å². The second-order valence-corrected chi connectivity index (χ2v) is 4.34. The Morgan fingerprint density at radius 2 is 1.62 bits per heavy atom. The minimum atomic E-state index is -4.40. The number of ether oxygens (including phenoxy) is 1. The van der Waals surface area contributed by atoms with E-state index in [1.165, 1.54) is 12.1 Å². The van der Waals surface area contributed by atoms with Crippen LogP contribution in [0.4, 0.5) is 23.2 Å². The number of anilines is 1. The number of para-hydroxylation sites is 2. The summed E-state index contributed by atoms with van der Waals surface area (Å²) in [7, 11) is 0. The summed E-state index contributed by atoms with van der Waals surface area (Å²) < 4.78 is 54.8. The molecule has 0 saturated carbocycles. The van der Waals surface area contributed by atoms with Crippen molar-refractivity contribution in [2.45, 2.75) is 12.7 Å². The molecule has 21 heavy (non-hydrogen) atoms. The predicted molar refractivity (Wildman–Crippen MR) is 71.7 cm³/mol. The van der Waals surface area contributed by atoms with Gasteiger partial charge in [0.2, 0.25) is 0 Å². The van der Waals surface area contributed by atoms with Crippen molar-refractivity contribution in [1.29, 1.82) is 0 Å². The zero-order valence-electron chi connectivity index (χ0n) is 11.0. The van der Waals surface area contributed by atoms with Crippen molar-refractivity contribution >= 4 is 5.69 Å². The third-order valence-corrected chi connectivity index (χ3v) is 2.71. The summed E-state index contributed by atoms with van der Waals surface area (Å²) in [6, 6.07) is 12.4. The molecule has 0 aliphatic rings. The van der Waals surface area contributed by atoms with Gasteiger partial charge >= 0.3 is 6.18 Å². The molecule has 0 radical (unpaired) electrons. The van der Waals surface area contributed by atoms with Crippen LogP contribution in [-0.2, 0) is 6.54 Å². The molecule has 0 saturated heterocycles. The molecule has 0 aliphatic heterocycles. The van der Waals surface area contributed by atoms with Crippen LogP contribution in [0.3, 0.4) is 0 Å². The van der Waals surface area contributed by atoms with E-state index < -0.39 is 12.8 Å². The topological polar surface area (TPSA) is 21.3 Å². The van der Waals surface area contributed by atoms with E-state index >= 15 is 0 Å². The molecule has 0 atom stereocenters. The molecule has 2 nitrogen and oxygen atoms in total. The molecule has 0 unspecified atom stereocenters. The Bertz CT molecular complexity index is 598. The smallest absolute Gasteiger partial charge is 0.422 e. The molecule has 0 fully saturated rings. The first-order chi connectivity index (χ1) is 9.96. The lowest BCUT2D eigenvalue weighted by atomic mass is 10.2. The Labute approximate surface area is 119 Å². The molecule has 1 N–H and O–H groups in total. The highest BCUT2D eigenvalue weighted by Gasteiger charge is 2.28. The van der Waals surface area contributed by atoms with E-state index in [-0.39, 0.29) is 18.1 Å². The molecule has 0 amide bonds. The molecule has 0 bridgehead atoms. The van der Waals surface area contributed by atoms with Crippen LogP contribution in [0.5, 0.6) is 5.75 Å². The van der Waals surface area contributed by atoms with Crippen molar-refractivity contribution in [3.8, 4) is 5.75 Å². The monoisotopic (exact) mass is 299 g/mol. The molecule has 6 heteroatoms. The first-order valence-corrected chi connectivity index (χ1v) is 6.21. The third-order valence-electron chi connectivity index (χ3n) is 2.71. The molecular formula is C15H13F4NO. The van der Waals surface area contributed by atoms with E-state index in [4.69, 9.17) is 4.74 Å². The number of hydrogen-bond acceptors (Lipinski definition) is 2. The van der Waals surface area contributed by atoms with E-state index in [0.717, 1.165) is 0 Å². The number of benzene rings is 2. The fourth-order valence-corrected chi connectivity index (χ4v) is 1.73.